The van der Waals surface area contributed by atoms with Crippen LogP contribution >= 0.6 is 15.9 Å². The monoisotopic (exact) mass is 343 g/mol. The lowest BCUT2D eigenvalue weighted by Crippen LogP contribution is -1.92. The number of pyridine rings is 1. The number of aldehydes is 1. The third-order valence-electron chi connectivity index (χ3n) is 3.54. The molecule has 2 heterocycles. The van der Waals surface area contributed by atoms with Crippen molar-refractivity contribution in [2.45, 2.75) is 6.92 Å². The van der Waals surface area contributed by atoms with Crippen LogP contribution in [0.15, 0.2) is 47.1 Å². The number of ether oxygens (including phenoxy) is 1. The molecule has 1 aromatic carbocycles. The summed E-state index contributed by atoms with van der Waals surface area (Å²) >= 11 is 3.49. The summed E-state index contributed by atoms with van der Waals surface area (Å²) in [5.74, 6) is 0.769. The van der Waals surface area contributed by atoms with Crippen molar-refractivity contribution in [3.8, 4) is 16.9 Å². The van der Waals surface area contributed by atoms with Crippen LogP contribution in [0.5, 0.6) is 5.75 Å². The largest absolute Gasteiger partial charge is 0.496 e. The molecule has 3 rings (SSSR count). The molecule has 3 aromatic rings. The first-order valence-electron chi connectivity index (χ1n) is 6.55. The number of carbonyl (C=O) groups excluding carboxylic acids is 1. The van der Waals surface area contributed by atoms with E-state index in [1.807, 2.05) is 47.9 Å². The minimum Gasteiger partial charge on any atom is -0.496 e. The van der Waals surface area contributed by atoms with Crippen LogP contribution in [0.4, 0.5) is 0 Å². The number of aryl methyl sites for hydroxylation is 1. The predicted octanol–water partition coefficient (Wildman–Crippen LogP) is 4.50. The first-order valence-corrected chi connectivity index (χ1v) is 7.34. The second kappa shape index (κ2) is 5.37. The molecule has 0 fully saturated rings. The van der Waals surface area contributed by atoms with Gasteiger partial charge in [-0.15, -0.1) is 0 Å². The fourth-order valence-corrected chi connectivity index (χ4v) is 3.04. The van der Waals surface area contributed by atoms with Crippen molar-refractivity contribution in [1.29, 1.82) is 0 Å². The first-order chi connectivity index (χ1) is 10.1. The number of methoxy groups -OCH3 is 1. The fourth-order valence-electron chi connectivity index (χ4n) is 2.50. The predicted molar refractivity (Wildman–Crippen MR) is 87.2 cm³/mol. The summed E-state index contributed by atoms with van der Waals surface area (Å²) in [7, 11) is 1.63. The number of carbonyl (C=O) groups is 1. The van der Waals surface area contributed by atoms with Crippen molar-refractivity contribution >= 4 is 27.7 Å². The fraction of sp³-hybridized carbons (Fsp3) is 0.118. The lowest BCUT2D eigenvalue weighted by atomic mass is 10.1. The molecule has 0 saturated carbocycles. The molecule has 0 saturated heterocycles. The number of fused-ring (bicyclic) bond motifs is 1. The molecule has 2 aromatic heterocycles. The Kier molecular flexibility index (Phi) is 3.55. The van der Waals surface area contributed by atoms with Crippen molar-refractivity contribution in [3.05, 3.63) is 58.3 Å². The van der Waals surface area contributed by atoms with E-state index in [1.54, 1.807) is 7.11 Å². The Bertz CT molecular complexity index is 836. The molecular formula is C17H14BrNO2. The van der Waals surface area contributed by atoms with Crippen LogP contribution in [-0.4, -0.2) is 17.8 Å². The van der Waals surface area contributed by atoms with Crippen molar-refractivity contribution < 1.29 is 9.53 Å². The van der Waals surface area contributed by atoms with Gasteiger partial charge in [0.25, 0.3) is 0 Å². The van der Waals surface area contributed by atoms with Crippen LogP contribution in [0.2, 0.25) is 0 Å². The third kappa shape index (κ3) is 2.36. The average molecular weight is 344 g/mol. The lowest BCUT2D eigenvalue weighted by molar-refractivity contribution is 0.111. The topological polar surface area (TPSA) is 30.7 Å². The molecule has 0 spiro atoms. The van der Waals surface area contributed by atoms with E-state index in [0.29, 0.717) is 5.69 Å². The number of benzene rings is 1. The van der Waals surface area contributed by atoms with Crippen molar-refractivity contribution in [2.75, 3.05) is 7.11 Å². The molecule has 0 unspecified atom stereocenters. The number of hydrogen-bond acceptors (Lipinski definition) is 2. The maximum atomic E-state index is 11.5. The number of aromatic nitrogens is 1. The number of nitrogens with zero attached hydrogens (tertiary/aromatic N) is 1. The van der Waals surface area contributed by atoms with E-state index >= 15 is 0 Å². The van der Waals surface area contributed by atoms with Gasteiger partial charge in [0.2, 0.25) is 0 Å². The Morgan fingerprint density at radius 2 is 2.00 bits per heavy atom. The highest BCUT2D eigenvalue weighted by molar-refractivity contribution is 9.10. The Labute approximate surface area is 131 Å². The second-order valence-electron chi connectivity index (χ2n) is 4.91. The zero-order chi connectivity index (χ0) is 15.0. The summed E-state index contributed by atoms with van der Waals surface area (Å²) < 4.78 is 8.02. The van der Waals surface area contributed by atoms with Gasteiger partial charge in [-0.05, 0) is 64.3 Å². The summed E-state index contributed by atoms with van der Waals surface area (Å²) in [5, 5.41) is 0. The summed E-state index contributed by atoms with van der Waals surface area (Å²) in [4.78, 5) is 11.5. The highest BCUT2D eigenvalue weighted by atomic mass is 79.9. The van der Waals surface area contributed by atoms with Crippen molar-refractivity contribution in [1.82, 2.24) is 4.40 Å². The van der Waals surface area contributed by atoms with E-state index in [1.165, 1.54) is 5.56 Å². The van der Waals surface area contributed by atoms with E-state index in [0.717, 1.165) is 33.2 Å². The molecule has 106 valence electrons. The van der Waals surface area contributed by atoms with Crippen LogP contribution in [0.25, 0.3) is 16.6 Å². The SMILES string of the molecule is COc1ccc(-c2cc3cc(C)ccn3c2C=O)cc1Br. The van der Waals surface area contributed by atoms with Gasteiger partial charge in [0.15, 0.2) is 6.29 Å². The molecule has 4 heteroatoms. The summed E-state index contributed by atoms with van der Waals surface area (Å²) in [6.45, 7) is 2.04. The molecule has 0 bridgehead atoms. The molecule has 0 atom stereocenters. The number of halogens is 1. The molecule has 21 heavy (non-hydrogen) atoms. The van der Waals surface area contributed by atoms with Gasteiger partial charge in [0.05, 0.1) is 17.3 Å². The highest BCUT2D eigenvalue weighted by Gasteiger charge is 2.13. The minimum absolute atomic E-state index is 0.655. The van der Waals surface area contributed by atoms with E-state index in [4.69, 9.17) is 4.74 Å². The summed E-state index contributed by atoms with van der Waals surface area (Å²) in [6.07, 6.45) is 2.83. The smallest absolute Gasteiger partial charge is 0.167 e. The summed E-state index contributed by atoms with van der Waals surface area (Å²) in [5.41, 5.74) is 4.73. The molecule has 0 aliphatic heterocycles. The normalized spacial score (nSPS) is 10.8. The maximum absolute atomic E-state index is 11.5. The van der Waals surface area contributed by atoms with E-state index in [2.05, 4.69) is 22.0 Å². The van der Waals surface area contributed by atoms with Gasteiger partial charge >= 0.3 is 0 Å². The maximum Gasteiger partial charge on any atom is 0.167 e. The first kappa shape index (κ1) is 13.9. The Morgan fingerprint density at radius 1 is 1.19 bits per heavy atom. The van der Waals surface area contributed by atoms with Gasteiger partial charge in [0, 0.05) is 17.3 Å². The standard InChI is InChI=1S/C17H14BrNO2/c1-11-5-6-19-13(7-11)9-14(16(19)10-20)12-3-4-17(21-2)15(18)8-12/h3-10H,1-2H3. The molecule has 0 amide bonds. The molecule has 0 aliphatic rings. The average Bonchev–Trinajstić information content (AvgIpc) is 2.84. The summed E-state index contributed by atoms with van der Waals surface area (Å²) in [6, 6.07) is 11.9. The van der Waals surface area contributed by atoms with Crippen molar-refractivity contribution in [3.63, 3.8) is 0 Å². The van der Waals surface area contributed by atoms with Crippen LogP contribution in [0.3, 0.4) is 0 Å². The minimum atomic E-state index is 0.655. The van der Waals surface area contributed by atoms with Gasteiger partial charge in [-0.1, -0.05) is 6.07 Å². The van der Waals surface area contributed by atoms with E-state index in [-0.39, 0.29) is 0 Å². The lowest BCUT2D eigenvalue weighted by Gasteiger charge is -2.06. The number of hydrogen-bond donors (Lipinski definition) is 0. The van der Waals surface area contributed by atoms with Gasteiger partial charge in [0.1, 0.15) is 5.75 Å². The van der Waals surface area contributed by atoms with Crippen molar-refractivity contribution in [2.24, 2.45) is 0 Å². The number of rotatable bonds is 3. The van der Waals surface area contributed by atoms with Gasteiger partial charge in [-0.25, -0.2) is 0 Å². The van der Waals surface area contributed by atoms with Crippen LogP contribution in [0, 0.1) is 6.92 Å². The van der Waals surface area contributed by atoms with Crippen LogP contribution in [0.1, 0.15) is 16.1 Å². The molecule has 0 aliphatic carbocycles. The Morgan fingerprint density at radius 3 is 2.67 bits per heavy atom. The van der Waals surface area contributed by atoms with Gasteiger partial charge < -0.3 is 9.14 Å². The van der Waals surface area contributed by atoms with Gasteiger partial charge in [-0.3, -0.25) is 4.79 Å². The molecule has 0 radical (unpaired) electrons. The Balaban J connectivity index is 2.24. The molecule has 0 N–H and O–H groups in total. The van der Waals surface area contributed by atoms with Crippen LogP contribution < -0.4 is 4.74 Å². The van der Waals surface area contributed by atoms with Gasteiger partial charge in [-0.2, -0.15) is 0 Å². The second-order valence-corrected chi connectivity index (χ2v) is 5.76. The molecule has 3 nitrogen and oxygen atoms in total. The zero-order valence-corrected chi connectivity index (χ0v) is 13.3. The molecular weight excluding hydrogens is 330 g/mol. The van der Waals surface area contributed by atoms with E-state index < -0.39 is 0 Å². The quantitative estimate of drug-likeness (QED) is 0.655. The Hall–Kier alpha value is -2.07. The van der Waals surface area contributed by atoms with Crippen LogP contribution in [-0.2, 0) is 0 Å². The van der Waals surface area contributed by atoms with E-state index in [9.17, 15) is 4.79 Å². The highest BCUT2D eigenvalue weighted by Crippen LogP contribution is 2.33. The third-order valence-corrected chi connectivity index (χ3v) is 4.16. The zero-order valence-electron chi connectivity index (χ0n) is 11.8.